The van der Waals surface area contributed by atoms with E-state index in [-0.39, 0.29) is 24.0 Å². The van der Waals surface area contributed by atoms with E-state index in [0.29, 0.717) is 0 Å². The van der Waals surface area contributed by atoms with E-state index in [9.17, 15) is 4.79 Å². The summed E-state index contributed by atoms with van der Waals surface area (Å²) in [5, 5.41) is 3.01. The summed E-state index contributed by atoms with van der Waals surface area (Å²) in [7, 11) is 0. The Morgan fingerprint density at radius 3 is 2.29 bits per heavy atom. The number of benzene rings is 1. The summed E-state index contributed by atoms with van der Waals surface area (Å²) in [4.78, 5) is 14.3. The minimum absolute atomic E-state index is 0.169. The first-order valence-corrected chi connectivity index (χ1v) is 7.93. The highest BCUT2D eigenvalue weighted by Crippen LogP contribution is 2.28. The van der Waals surface area contributed by atoms with Crippen molar-refractivity contribution in [3.8, 4) is 0 Å². The quantitative estimate of drug-likeness (QED) is 0.929. The van der Waals surface area contributed by atoms with E-state index in [0.717, 1.165) is 31.6 Å². The van der Waals surface area contributed by atoms with Crippen molar-refractivity contribution >= 4 is 17.3 Å². The van der Waals surface area contributed by atoms with Gasteiger partial charge in [-0.25, -0.2) is 0 Å². The molecular formula is C17H24N2O2. The van der Waals surface area contributed by atoms with Crippen molar-refractivity contribution < 1.29 is 9.53 Å². The molecule has 21 heavy (non-hydrogen) atoms. The number of hydrogen-bond acceptors (Lipinski definition) is 3. The van der Waals surface area contributed by atoms with Crippen LogP contribution in [0.4, 0.5) is 11.4 Å². The van der Waals surface area contributed by atoms with Crippen molar-refractivity contribution in [2.75, 3.05) is 23.3 Å². The maximum Gasteiger partial charge on any atom is 0.227 e. The molecule has 1 saturated heterocycles. The van der Waals surface area contributed by atoms with Crippen LogP contribution in [0.5, 0.6) is 0 Å². The first kappa shape index (κ1) is 14.4. The van der Waals surface area contributed by atoms with Crippen LogP contribution in [-0.4, -0.2) is 31.2 Å². The van der Waals surface area contributed by atoms with E-state index in [1.807, 2.05) is 12.1 Å². The van der Waals surface area contributed by atoms with Crippen LogP contribution < -0.4 is 10.2 Å². The molecule has 1 N–H and O–H groups in total. The molecule has 1 saturated carbocycles. The standard InChI is InChI=1S/C17H24N2O2/c1-12-10-19(11-13(2)21-12)16-8-6-15(7-9-16)18-17(20)14-4-3-5-14/h6-9,12-14H,3-5,10-11H2,1-2H3,(H,18,20). The molecule has 1 aliphatic heterocycles. The normalized spacial score (nSPS) is 26.3. The van der Waals surface area contributed by atoms with E-state index in [4.69, 9.17) is 4.74 Å². The van der Waals surface area contributed by atoms with Crippen LogP contribution in [0.25, 0.3) is 0 Å². The maximum absolute atomic E-state index is 11.9. The van der Waals surface area contributed by atoms with Crippen molar-refractivity contribution in [1.29, 1.82) is 0 Å². The van der Waals surface area contributed by atoms with Crippen LogP contribution in [0.15, 0.2) is 24.3 Å². The second-order valence-corrected chi connectivity index (χ2v) is 6.33. The number of nitrogens with one attached hydrogen (secondary N) is 1. The Morgan fingerprint density at radius 1 is 1.14 bits per heavy atom. The fourth-order valence-corrected chi connectivity index (χ4v) is 3.06. The van der Waals surface area contributed by atoms with Gasteiger partial charge in [0.05, 0.1) is 12.2 Å². The van der Waals surface area contributed by atoms with Gasteiger partial charge in [0.2, 0.25) is 5.91 Å². The molecule has 114 valence electrons. The van der Waals surface area contributed by atoms with Gasteiger partial charge >= 0.3 is 0 Å². The number of anilines is 2. The van der Waals surface area contributed by atoms with E-state index in [2.05, 4.69) is 36.2 Å². The third-order valence-corrected chi connectivity index (χ3v) is 4.40. The largest absolute Gasteiger partial charge is 0.372 e. The second-order valence-electron chi connectivity index (χ2n) is 6.33. The summed E-state index contributed by atoms with van der Waals surface area (Å²) in [5.41, 5.74) is 2.09. The van der Waals surface area contributed by atoms with Crippen LogP contribution in [0.3, 0.4) is 0 Å². The summed E-state index contributed by atoms with van der Waals surface area (Å²) in [5.74, 6) is 0.397. The Balaban J connectivity index is 1.62. The Hall–Kier alpha value is -1.55. The molecule has 2 fully saturated rings. The zero-order chi connectivity index (χ0) is 14.8. The van der Waals surface area contributed by atoms with Crippen LogP contribution >= 0.6 is 0 Å². The van der Waals surface area contributed by atoms with Crippen LogP contribution in [-0.2, 0) is 9.53 Å². The van der Waals surface area contributed by atoms with Gasteiger partial charge in [-0.1, -0.05) is 6.42 Å². The van der Waals surface area contributed by atoms with Gasteiger partial charge in [0.1, 0.15) is 0 Å². The Labute approximate surface area is 126 Å². The summed E-state index contributed by atoms with van der Waals surface area (Å²) in [6.07, 6.45) is 3.77. The van der Waals surface area contributed by atoms with Crippen molar-refractivity contribution in [1.82, 2.24) is 0 Å². The predicted octanol–water partition coefficient (Wildman–Crippen LogP) is 3.04. The number of carbonyl (C=O) groups excluding carboxylic acids is 1. The molecule has 4 nitrogen and oxygen atoms in total. The average molecular weight is 288 g/mol. The Bertz CT molecular complexity index is 486. The Kier molecular flexibility index (Phi) is 4.15. The predicted molar refractivity (Wildman–Crippen MR) is 84.6 cm³/mol. The number of carbonyl (C=O) groups is 1. The number of rotatable bonds is 3. The van der Waals surface area contributed by atoms with Gasteiger partial charge in [0, 0.05) is 30.4 Å². The summed E-state index contributed by atoms with van der Waals surface area (Å²) in [6.45, 7) is 6.04. The summed E-state index contributed by atoms with van der Waals surface area (Å²) in [6, 6.07) is 8.16. The third-order valence-electron chi connectivity index (χ3n) is 4.40. The fraction of sp³-hybridized carbons (Fsp3) is 0.588. The van der Waals surface area contributed by atoms with Crippen LogP contribution in [0.1, 0.15) is 33.1 Å². The topological polar surface area (TPSA) is 41.6 Å². The van der Waals surface area contributed by atoms with Gasteiger partial charge in [0.15, 0.2) is 0 Å². The molecule has 2 atom stereocenters. The lowest BCUT2D eigenvalue weighted by Gasteiger charge is -2.36. The molecule has 1 aliphatic carbocycles. The van der Waals surface area contributed by atoms with Gasteiger partial charge in [-0.2, -0.15) is 0 Å². The molecule has 0 spiro atoms. The molecule has 0 bridgehead atoms. The molecule has 0 radical (unpaired) electrons. The molecule has 4 heteroatoms. The number of hydrogen-bond donors (Lipinski definition) is 1. The van der Waals surface area contributed by atoms with Gasteiger partial charge in [-0.3, -0.25) is 4.79 Å². The van der Waals surface area contributed by atoms with E-state index >= 15 is 0 Å². The third kappa shape index (κ3) is 3.38. The Morgan fingerprint density at radius 2 is 1.76 bits per heavy atom. The van der Waals surface area contributed by atoms with Crippen molar-refractivity contribution in [2.24, 2.45) is 5.92 Å². The lowest BCUT2D eigenvalue weighted by atomic mass is 9.85. The molecule has 1 aromatic carbocycles. The van der Waals surface area contributed by atoms with E-state index in [1.54, 1.807) is 0 Å². The van der Waals surface area contributed by atoms with Gasteiger partial charge in [-0.15, -0.1) is 0 Å². The van der Waals surface area contributed by atoms with E-state index < -0.39 is 0 Å². The first-order valence-electron chi connectivity index (χ1n) is 7.93. The lowest BCUT2D eigenvalue weighted by molar-refractivity contribution is -0.122. The SMILES string of the molecule is CC1CN(c2ccc(NC(=O)C3CCC3)cc2)CC(C)O1. The second kappa shape index (κ2) is 6.06. The molecule has 1 heterocycles. The van der Waals surface area contributed by atoms with Crippen LogP contribution in [0, 0.1) is 5.92 Å². The highest BCUT2D eigenvalue weighted by Gasteiger charge is 2.25. The number of amides is 1. The number of morpholine rings is 1. The van der Waals surface area contributed by atoms with Crippen molar-refractivity contribution in [2.45, 2.75) is 45.3 Å². The monoisotopic (exact) mass is 288 g/mol. The molecule has 2 aliphatic rings. The smallest absolute Gasteiger partial charge is 0.227 e. The first-order chi connectivity index (χ1) is 10.1. The van der Waals surface area contributed by atoms with Gasteiger partial charge in [0.25, 0.3) is 0 Å². The van der Waals surface area contributed by atoms with Crippen molar-refractivity contribution in [3.63, 3.8) is 0 Å². The minimum atomic E-state index is 0.169. The molecule has 3 rings (SSSR count). The number of ether oxygens (including phenoxy) is 1. The highest BCUT2D eigenvalue weighted by atomic mass is 16.5. The van der Waals surface area contributed by atoms with E-state index in [1.165, 1.54) is 12.1 Å². The fourth-order valence-electron chi connectivity index (χ4n) is 3.06. The molecule has 2 unspecified atom stereocenters. The average Bonchev–Trinajstić information content (AvgIpc) is 2.36. The zero-order valence-corrected chi connectivity index (χ0v) is 12.8. The molecule has 1 aromatic rings. The highest BCUT2D eigenvalue weighted by molar-refractivity contribution is 5.93. The lowest BCUT2D eigenvalue weighted by Crippen LogP contribution is -2.45. The maximum atomic E-state index is 11.9. The summed E-state index contributed by atoms with van der Waals surface area (Å²) < 4.78 is 5.76. The molecule has 0 aromatic heterocycles. The zero-order valence-electron chi connectivity index (χ0n) is 12.8. The molecular weight excluding hydrogens is 264 g/mol. The van der Waals surface area contributed by atoms with Gasteiger partial charge < -0.3 is 15.0 Å². The molecule has 1 amide bonds. The van der Waals surface area contributed by atoms with Crippen LogP contribution in [0.2, 0.25) is 0 Å². The van der Waals surface area contributed by atoms with Crippen molar-refractivity contribution in [3.05, 3.63) is 24.3 Å². The minimum Gasteiger partial charge on any atom is -0.372 e. The summed E-state index contributed by atoms with van der Waals surface area (Å²) >= 11 is 0. The van der Waals surface area contributed by atoms with Gasteiger partial charge in [-0.05, 0) is 51.0 Å². The number of nitrogens with zero attached hydrogens (tertiary/aromatic N) is 1.